The van der Waals surface area contributed by atoms with Crippen LogP contribution < -0.4 is 5.43 Å². The SMILES string of the molecule is O=C(CSc1nnc(-c2ccc(Br)cc2)n1-c1ccccc1)NN=Cc1c(O)ccc2ccccc12. The smallest absolute Gasteiger partial charge is 0.250 e. The van der Waals surface area contributed by atoms with Crippen LogP contribution in [0.15, 0.2) is 106 Å². The van der Waals surface area contributed by atoms with Crippen molar-refractivity contribution in [1.82, 2.24) is 20.2 Å². The number of nitrogens with one attached hydrogen (secondary N) is 1. The summed E-state index contributed by atoms with van der Waals surface area (Å²) in [5, 5.41) is 25.5. The van der Waals surface area contributed by atoms with E-state index in [1.54, 1.807) is 6.07 Å². The highest BCUT2D eigenvalue weighted by Crippen LogP contribution is 2.29. The predicted molar refractivity (Wildman–Crippen MR) is 147 cm³/mol. The molecular formula is C27H20BrN5O2S. The number of aromatic nitrogens is 3. The van der Waals surface area contributed by atoms with E-state index in [1.165, 1.54) is 18.0 Å². The summed E-state index contributed by atoms with van der Waals surface area (Å²) in [6.45, 7) is 0. The number of hydrogen-bond donors (Lipinski definition) is 2. The second-order valence-corrected chi connectivity index (χ2v) is 9.64. The van der Waals surface area contributed by atoms with Crippen molar-refractivity contribution in [1.29, 1.82) is 0 Å². The number of aromatic hydroxyl groups is 1. The Balaban J connectivity index is 1.33. The van der Waals surface area contributed by atoms with E-state index in [-0.39, 0.29) is 17.4 Å². The van der Waals surface area contributed by atoms with Gasteiger partial charge in [0.25, 0.3) is 5.91 Å². The molecule has 36 heavy (non-hydrogen) atoms. The van der Waals surface area contributed by atoms with E-state index >= 15 is 0 Å². The third kappa shape index (κ3) is 5.17. The highest BCUT2D eigenvalue weighted by Gasteiger charge is 2.17. The molecule has 2 N–H and O–H groups in total. The number of phenols is 1. The van der Waals surface area contributed by atoms with E-state index in [2.05, 4.69) is 36.7 Å². The molecule has 0 aliphatic carbocycles. The van der Waals surface area contributed by atoms with E-state index in [9.17, 15) is 9.90 Å². The Morgan fingerprint density at radius 2 is 1.72 bits per heavy atom. The molecule has 178 valence electrons. The molecule has 0 atom stereocenters. The molecular weight excluding hydrogens is 538 g/mol. The van der Waals surface area contributed by atoms with Crippen molar-refractivity contribution in [2.45, 2.75) is 5.16 Å². The Morgan fingerprint density at radius 1 is 0.972 bits per heavy atom. The summed E-state index contributed by atoms with van der Waals surface area (Å²) in [6, 6.07) is 28.7. The van der Waals surface area contributed by atoms with Crippen molar-refractivity contribution in [3.63, 3.8) is 0 Å². The predicted octanol–water partition coefficient (Wildman–Crippen LogP) is 5.80. The molecule has 1 aromatic heterocycles. The number of carbonyl (C=O) groups is 1. The number of fused-ring (bicyclic) bond motifs is 1. The van der Waals surface area contributed by atoms with E-state index in [4.69, 9.17) is 0 Å². The lowest BCUT2D eigenvalue weighted by molar-refractivity contribution is -0.118. The first-order valence-electron chi connectivity index (χ1n) is 11.0. The van der Waals surface area contributed by atoms with Crippen LogP contribution in [0.25, 0.3) is 27.8 Å². The Labute approximate surface area is 220 Å². The molecule has 1 heterocycles. The van der Waals surface area contributed by atoms with Gasteiger partial charge in [0.2, 0.25) is 0 Å². The van der Waals surface area contributed by atoms with Crippen LogP contribution >= 0.6 is 27.7 Å². The minimum Gasteiger partial charge on any atom is -0.507 e. The first kappa shape index (κ1) is 23.8. The molecule has 9 heteroatoms. The summed E-state index contributed by atoms with van der Waals surface area (Å²) in [6.07, 6.45) is 1.46. The molecule has 5 rings (SSSR count). The zero-order valence-corrected chi connectivity index (χ0v) is 21.3. The van der Waals surface area contributed by atoms with Crippen molar-refractivity contribution in [2.24, 2.45) is 5.10 Å². The van der Waals surface area contributed by atoms with Crippen LogP contribution in [0.4, 0.5) is 0 Å². The minimum absolute atomic E-state index is 0.0875. The maximum atomic E-state index is 12.5. The van der Waals surface area contributed by atoms with Gasteiger partial charge in [-0.1, -0.05) is 88.4 Å². The zero-order chi connectivity index (χ0) is 24.9. The fourth-order valence-corrected chi connectivity index (χ4v) is 4.72. The largest absolute Gasteiger partial charge is 0.507 e. The Hall–Kier alpha value is -3.95. The van der Waals surface area contributed by atoms with Crippen LogP contribution in [0.1, 0.15) is 5.56 Å². The van der Waals surface area contributed by atoms with Gasteiger partial charge >= 0.3 is 0 Å². The third-order valence-electron chi connectivity index (χ3n) is 5.41. The van der Waals surface area contributed by atoms with Crippen molar-refractivity contribution in [3.8, 4) is 22.8 Å². The average Bonchev–Trinajstić information content (AvgIpc) is 3.33. The number of thioether (sulfide) groups is 1. The number of rotatable bonds is 7. The number of nitrogens with zero attached hydrogens (tertiary/aromatic N) is 4. The zero-order valence-electron chi connectivity index (χ0n) is 18.9. The number of benzene rings is 4. The Bertz CT molecular complexity index is 1550. The van der Waals surface area contributed by atoms with Gasteiger partial charge in [0.15, 0.2) is 11.0 Å². The van der Waals surface area contributed by atoms with Crippen LogP contribution in [0.2, 0.25) is 0 Å². The average molecular weight is 558 g/mol. The fourth-order valence-electron chi connectivity index (χ4n) is 3.71. The monoisotopic (exact) mass is 557 g/mol. The Morgan fingerprint density at radius 3 is 2.53 bits per heavy atom. The van der Waals surface area contributed by atoms with E-state index < -0.39 is 0 Å². The lowest BCUT2D eigenvalue weighted by atomic mass is 10.0. The summed E-state index contributed by atoms with van der Waals surface area (Å²) in [4.78, 5) is 12.5. The summed E-state index contributed by atoms with van der Waals surface area (Å²) >= 11 is 4.73. The molecule has 0 bridgehead atoms. The topological polar surface area (TPSA) is 92.4 Å². The van der Waals surface area contributed by atoms with Gasteiger partial charge in [-0.05, 0) is 41.1 Å². The summed E-state index contributed by atoms with van der Waals surface area (Å²) < 4.78 is 2.90. The number of carbonyl (C=O) groups excluding carboxylic acids is 1. The summed E-state index contributed by atoms with van der Waals surface area (Å²) in [5.74, 6) is 0.562. The van der Waals surface area contributed by atoms with Crippen LogP contribution in [-0.2, 0) is 4.79 Å². The maximum Gasteiger partial charge on any atom is 0.250 e. The fraction of sp³-hybridized carbons (Fsp3) is 0.0370. The quantitative estimate of drug-likeness (QED) is 0.150. The van der Waals surface area contributed by atoms with Gasteiger partial charge < -0.3 is 5.11 Å². The third-order valence-corrected chi connectivity index (χ3v) is 6.87. The van der Waals surface area contributed by atoms with E-state index in [0.717, 1.165) is 26.5 Å². The molecule has 0 aliphatic rings. The van der Waals surface area contributed by atoms with Gasteiger partial charge in [-0.2, -0.15) is 5.10 Å². The van der Waals surface area contributed by atoms with Gasteiger partial charge in [-0.25, -0.2) is 5.43 Å². The lowest BCUT2D eigenvalue weighted by Crippen LogP contribution is -2.20. The molecule has 5 aromatic rings. The summed E-state index contributed by atoms with van der Waals surface area (Å²) in [7, 11) is 0. The molecule has 0 aliphatic heterocycles. The number of para-hydroxylation sites is 1. The van der Waals surface area contributed by atoms with Crippen molar-refractivity contribution >= 4 is 50.6 Å². The first-order chi connectivity index (χ1) is 17.6. The standard InChI is InChI=1S/C27H20BrN5O2S/c28-20-13-10-19(11-14-20)26-31-32-27(33(26)21-7-2-1-3-8-21)36-17-25(35)30-29-16-23-22-9-5-4-6-18(22)12-15-24(23)34/h1-16,34H,17H2,(H,30,35). The molecule has 0 unspecified atom stereocenters. The molecule has 1 amide bonds. The highest BCUT2D eigenvalue weighted by atomic mass is 79.9. The van der Waals surface area contributed by atoms with E-state index in [0.29, 0.717) is 16.5 Å². The molecule has 0 radical (unpaired) electrons. The van der Waals surface area contributed by atoms with E-state index in [1.807, 2.05) is 89.5 Å². The molecule has 0 fully saturated rings. The van der Waals surface area contributed by atoms with Crippen LogP contribution in [0.5, 0.6) is 5.75 Å². The second-order valence-electron chi connectivity index (χ2n) is 7.79. The van der Waals surface area contributed by atoms with Gasteiger partial charge in [-0.3, -0.25) is 9.36 Å². The molecule has 0 saturated carbocycles. The molecule has 0 spiro atoms. The molecule has 0 saturated heterocycles. The van der Waals surface area contributed by atoms with Gasteiger partial charge in [-0.15, -0.1) is 10.2 Å². The van der Waals surface area contributed by atoms with Crippen molar-refractivity contribution in [3.05, 3.63) is 101 Å². The summed E-state index contributed by atoms with van der Waals surface area (Å²) in [5.41, 5.74) is 4.88. The first-order valence-corrected chi connectivity index (χ1v) is 12.8. The maximum absolute atomic E-state index is 12.5. The van der Waals surface area contributed by atoms with Gasteiger partial charge in [0.1, 0.15) is 5.75 Å². The highest BCUT2D eigenvalue weighted by molar-refractivity contribution is 9.10. The van der Waals surface area contributed by atoms with Crippen molar-refractivity contribution in [2.75, 3.05) is 5.75 Å². The second kappa shape index (κ2) is 10.8. The molecule has 4 aromatic carbocycles. The van der Waals surface area contributed by atoms with Gasteiger partial charge in [0, 0.05) is 21.3 Å². The number of hydrazone groups is 1. The Kier molecular flexibility index (Phi) is 7.11. The van der Waals surface area contributed by atoms with Crippen LogP contribution in [-0.4, -0.2) is 37.7 Å². The normalized spacial score (nSPS) is 11.2. The number of halogens is 1. The number of phenolic OH excluding ortho intramolecular Hbond substituents is 1. The molecule has 7 nitrogen and oxygen atoms in total. The van der Waals surface area contributed by atoms with Gasteiger partial charge in [0.05, 0.1) is 12.0 Å². The lowest BCUT2D eigenvalue weighted by Gasteiger charge is -2.10. The number of hydrogen-bond acceptors (Lipinski definition) is 6. The minimum atomic E-state index is -0.302. The van der Waals surface area contributed by atoms with Crippen LogP contribution in [0.3, 0.4) is 0 Å². The number of amides is 1. The van der Waals surface area contributed by atoms with Crippen LogP contribution in [0, 0.1) is 0 Å². The van der Waals surface area contributed by atoms with Crippen molar-refractivity contribution < 1.29 is 9.90 Å².